The van der Waals surface area contributed by atoms with Crippen molar-refractivity contribution in [3.63, 3.8) is 0 Å². The van der Waals surface area contributed by atoms with Gasteiger partial charge < -0.3 is 16.4 Å². The first-order valence-corrected chi connectivity index (χ1v) is 9.41. The molecule has 0 spiro atoms. The minimum atomic E-state index is -0.344. The summed E-state index contributed by atoms with van der Waals surface area (Å²) >= 11 is 0. The van der Waals surface area contributed by atoms with Crippen LogP contribution in [0.5, 0.6) is 0 Å². The molecule has 0 aliphatic heterocycles. The zero-order valence-electron chi connectivity index (χ0n) is 15.8. The molecule has 0 aromatic rings. The number of carbonyl (C=O) groups is 1. The third-order valence-corrected chi connectivity index (χ3v) is 4.16. The summed E-state index contributed by atoms with van der Waals surface area (Å²) in [5.41, 5.74) is 11.6. The average Bonchev–Trinajstić information content (AvgIpc) is 2.53. The predicted octanol–water partition coefficient (Wildman–Crippen LogP) is 4.28. The zero-order chi connectivity index (χ0) is 16.6. The van der Waals surface area contributed by atoms with E-state index >= 15 is 0 Å². The molecule has 0 aromatic carbocycles. The lowest BCUT2D eigenvalue weighted by Gasteiger charge is -2.26. The summed E-state index contributed by atoms with van der Waals surface area (Å²) < 4.78 is 0. The van der Waals surface area contributed by atoms with Crippen LogP contribution in [-0.4, -0.2) is 36.5 Å². The van der Waals surface area contributed by atoms with Crippen LogP contribution < -0.4 is 11.5 Å². The second-order valence-corrected chi connectivity index (χ2v) is 6.34. The van der Waals surface area contributed by atoms with Gasteiger partial charge in [0.25, 0.3) is 0 Å². The van der Waals surface area contributed by atoms with Gasteiger partial charge in [0.1, 0.15) is 0 Å². The third-order valence-electron chi connectivity index (χ3n) is 4.16. The quantitative estimate of drug-likeness (QED) is 0.413. The van der Waals surface area contributed by atoms with Crippen LogP contribution in [-0.2, 0) is 4.79 Å². The van der Waals surface area contributed by atoms with Crippen LogP contribution in [0.3, 0.4) is 0 Å². The number of carbonyl (C=O) groups excluding carboxylic acids is 1. The Morgan fingerprint density at radius 3 is 1.75 bits per heavy atom. The van der Waals surface area contributed by atoms with E-state index in [1.54, 1.807) is 0 Å². The Balaban J connectivity index is -0.00000220. The van der Waals surface area contributed by atoms with Gasteiger partial charge in [-0.05, 0) is 32.2 Å². The Hall–Kier alpha value is -0.0300. The molecule has 0 aliphatic carbocycles. The molecule has 0 radical (unpaired) electrons. The third kappa shape index (κ3) is 15.5. The molecule has 4 nitrogen and oxygen atoms in total. The molecule has 6 heteroatoms. The van der Waals surface area contributed by atoms with Gasteiger partial charge in [-0.1, -0.05) is 58.8 Å². The monoisotopic (exact) mass is 385 g/mol. The normalized spacial score (nSPS) is 11.3. The fourth-order valence-electron chi connectivity index (χ4n) is 2.66. The molecule has 0 aromatic heterocycles. The van der Waals surface area contributed by atoms with E-state index < -0.39 is 0 Å². The lowest BCUT2D eigenvalue weighted by Crippen LogP contribution is -2.44. The van der Waals surface area contributed by atoms with Crippen LogP contribution >= 0.6 is 24.8 Å². The average molecular weight is 386 g/mol. The van der Waals surface area contributed by atoms with Gasteiger partial charge in [-0.15, -0.1) is 24.8 Å². The van der Waals surface area contributed by atoms with Crippen molar-refractivity contribution in [3.05, 3.63) is 0 Å². The lowest BCUT2D eigenvalue weighted by atomic mass is 10.1. The van der Waals surface area contributed by atoms with Gasteiger partial charge >= 0.3 is 0 Å². The first kappa shape index (κ1) is 28.8. The molecule has 0 fully saturated rings. The van der Waals surface area contributed by atoms with Gasteiger partial charge in [0.05, 0.1) is 6.04 Å². The maximum absolute atomic E-state index is 12.5. The van der Waals surface area contributed by atoms with E-state index in [9.17, 15) is 4.79 Å². The summed E-state index contributed by atoms with van der Waals surface area (Å²) in [6.45, 7) is 6.84. The highest BCUT2D eigenvalue weighted by molar-refractivity contribution is 5.85. The fraction of sp³-hybridized carbons (Fsp3) is 0.944. The number of rotatable bonds is 15. The smallest absolute Gasteiger partial charge is 0.239 e. The molecule has 1 amide bonds. The van der Waals surface area contributed by atoms with E-state index in [1.807, 2.05) is 4.90 Å². The van der Waals surface area contributed by atoms with Gasteiger partial charge in [0.2, 0.25) is 5.91 Å². The van der Waals surface area contributed by atoms with E-state index in [2.05, 4.69) is 13.8 Å². The van der Waals surface area contributed by atoms with Gasteiger partial charge in [-0.3, -0.25) is 4.79 Å². The van der Waals surface area contributed by atoms with Gasteiger partial charge in [-0.25, -0.2) is 0 Å². The van der Waals surface area contributed by atoms with Gasteiger partial charge in [0, 0.05) is 13.1 Å². The molecule has 4 N–H and O–H groups in total. The second-order valence-electron chi connectivity index (χ2n) is 6.34. The summed E-state index contributed by atoms with van der Waals surface area (Å²) in [6, 6.07) is -0.344. The van der Waals surface area contributed by atoms with Crippen LogP contribution in [0, 0.1) is 0 Å². The maximum atomic E-state index is 12.5. The number of hydrogen-bond acceptors (Lipinski definition) is 3. The Morgan fingerprint density at radius 1 is 0.833 bits per heavy atom. The first-order chi connectivity index (χ1) is 10.7. The molecule has 148 valence electrons. The van der Waals surface area contributed by atoms with Crippen molar-refractivity contribution in [2.45, 2.75) is 90.5 Å². The highest BCUT2D eigenvalue weighted by atomic mass is 35.5. The highest BCUT2D eigenvalue weighted by Gasteiger charge is 2.19. The molecule has 0 aliphatic rings. The lowest BCUT2D eigenvalue weighted by molar-refractivity contribution is -0.133. The molecule has 0 rings (SSSR count). The van der Waals surface area contributed by atoms with Crippen LogP contribution in [0.25, 0.3) is 0 Å². The molecule has 0 saturated heterocycles. The van der Waals surface area contributed by atoms with Crippen molar-refractivity contribution in [3.8, 4) is 0 Å². The van der Waals surface area contributed by atoms with Crippen molar-refractivity contribution in [1.29, 1.82) is 0 Å². The zero-order valence-corrected chi connectivity index (χ0v) is 17.4. The number of hydrogen-bond donors (Lipinski definition) is 2. The van der Waals surface area contributed by atoms with Crippen LogP contribution in [0.1, 0.15) is 84.5 Å². The summed E-state index contributed by atoms with van der Waals surface area (Å²) in [6.07, 6.45) is 12.2. The fourth-order valence-corrected chi connectivity index (χ4v) is 2.66. The molecule has 0 unspecified atom stereocenters. The van der Waals surface area contributed by atoms with Crippen molar-refractivity contribution in [2.24, 2.45) is 11.5 Å². The Kier molecular flexibility index (Phi) is 25.2. The van der Waals surface area contributed by atoms with Gasteiger partial charge in [0.15, 0.2) is 0 Å². The second kappa shape index (κ2) is 21.0. The molecular formula is C18H41Cl2N3O. The number of amides is 1. The highest BCUT2D eigenvalue weighted by Crippen LogP contribution is 2.09. The van der Waals surface area contributed by atoms with Crippen LogP contribution in [0.2, 0.25) is 0 Å². The standard InChI is InChI=1S/C18H39N3O.2ClH/c1-3-5-7-11-15-21(16-12-8-6-4-2)18(22)17(20)13-9-10-14-19;;/h17H,3-16,19-20H2,1-2H3;2*1H/t17-;;/m0../s1. The van der Waals surface area contributed by atoms with Crippen LogP contribution in [0.4, 0.5) is 0 Å². The van der Waals surface area contributed by atoms with Crippen LogP contribution in [0.15, 0.2) is 0 Å². The van der Waals surface area contributed by atoms with E-state index in [4.69, 9.17) is 11.5 Å². The number of unbranched alkanes of at least 4 members (excludes halogenated alkanes) is 7. The number of halogens is 2. The van der Waals surface area contributed by atoms with Crippen molar-refractivity contribution < 1.29 is 4.79 Å². The SMILES string of the molecule is CCCCCCN(CCCCCC)C(=O)[C@@H](N)CCCCN.Cl.Cl. The Morgan fingerprint density at radius 2 is 1.33 bits per heavy atom. The minimum Gasteiger partial charge on any atom is -0.341 e. The molecule has 1 atom stereocenters. The van der Waals surface area contributed by atoms with E-state index in [1.165, 1.54) is 38.5 Å². The number of nitrogens with two attached hydrogens (primary N) is 2. The molecule has 24 heavy (non-hydrogen) atoms. The molecule has 0 heterocycles. The Labute approximate surface area is 162 Å². The minimum absolute atomic E-state index is 0. The summed E-state index contributed by atoms with van der Waals surface area (Å²) in [7, 11) is 0. The Bertz CT molecular complexity index is 257. The maximum Gasteiger partial charge on any atom is 0.239 e. The molecule has 0 saturated carbocycles. The predicted molar refractivity (Wildman–Crippen MR) is 110 cm³/mol. The van der Waals surface area contributed by atoms with E-state index in [0.29, 0.717) is 6.54 Å². The van der Waals surface area contributed by atoms with Gasteiger partial charge in [-0.2, -0.15) is 0 Å². The molecular weight excluding hydrogens is 345 g/mol. The summed E-state index contributed by atoms with van der Waals surface area (Å²) in [4.78, 5) is 14.5. The topological polar surface area (TPSA) is 72.3 Å². The largest absolute Gasteiger partial charge is 0.341 e. The van der Waals surface area contributed by atoms with Crippen molar-refractivity contribution in [2.75, 3.05) is 19.6 Å². The summed E-state index contributed by atoms with van der Waals surface area (Å²) in [5, 5.41) is 0. The first-order valence-electron chi connectivity index (χ1n) is 9.41. The van der Waals surface area contributed by atoms with Crippen molar-refractivity contribution >= 4 is 30.7 Å². The van der Waals surface area contributed by atoms with E-state index in [0.717, 1.165) is 45.2 Å². The van der Waals surface area contributed by atoms with E-state index in [-0.39, 0.29) is 36.8 Å². The van der Waals surface area contributed by atoms with Crippen molar-refractivity contribution in [1.82, 2.24) is 4.90 Å². The number of nitrogens with zero attached hydrogens (tertiary/aromatic N) is 1. The summed E-state index contributed by atoms with van der Waals surface area (Å²) in [5.74, 6) is 0.144. The molecule has 0 bridgehead atoms.